The third-order valence-electron chi connectivity index (χ3n) is 2.81. The first kappa shape index (κ1) is 14.3. The van der Waals surface area contributed by atoms with Gasteiger partial charge < -0.3 is 15.4 Å². The molecule has 0 bridgehead atoms. The Hall–Kier alpha value is -2.14. The number of thiocarbonyl (C=S) groups is 1. The summed E-state index contributed by atoms with van der Waals surface area (Å²) in [5.74, 6) is 1.14. The Bertz CT molecular complexity index is 641. The molecule has 0 spiro atoms. The minimum absolute atomic E-state index is 0.274. The zero-order valence-electron chi connectivity index (χ0n) is 11.8. The van der Waals surface area contributed by atoms with Gasteiger partial charge in [0.1, 0.15) is 10.7 Å². The predicted molar refractivity (Wildman–Crippen MR) is 85.7 cm³/mol. The highest BCUT2D eigenvalue weighted by atomic mass is 32.1. The zero-order chi connectivity index (χ0) is 14.7. The molecule has 0 aliphatic carbocycles. The molecule has 0 saturated heterocycles. The van der Waals surface area contributed by atoms with Crippen LogP contribution < -0.4 is 15.4 Å². The van der Waals surface area contributed by atoms with Gasteiger partial charge in [-0.1, -0.05) is 18.3 Å². The lowest BCUT2D eigenvalue weighted by molar-refractivity contribution is 0.461. The van der Waals surface area contributed by atoms with Crippen LogP contribution in [0.1, 0.15) is 11.3 Å². The molecule has 0 saturated carbocycles. The molecule has 1 aromatic heterocycles. The van der Waals surface area contributed by atoms with E-state index in [0.717, 1.165) is 11.4 Å². The van der Waals surface area contributed by atoms with Crippen LogP contribution in [0.3, 0.4) is 0 Å². The Morgan fingerprint density at radius 1 is 1.25 bits per heavy atom. The molecule has 0 atom stereocenters. The van der Waals surface area contributed by atoms with Gasteiger partial charge in [0.05, 0.1) is 5.56 Å². The van der Waals surface area contributed by atoms with Crippen LogP contribution in [0.4, 0.5) is 5.69 Å². The number of nitrogens with two attached hydrogens (primary N) is 1. The number of hydrogen-bond acceptors (Lipinski definition) is 4. The molecule has 0 aliphatic heterocycles. The topological polar surface area (TPSA) is 51.4 Å². The number of aryl methyl sites for hydroxylation is 1. The third kappa shape index (κ3) is 3.24. The fourth-order valence-corrected chi connectivity index (χ4v) is 1.89. The van der Waals surface area contributed by atoms with Crippen molar-refractivity contribution < 1.29 is 4.74 Å². The van der Waals surface area contributed by atoms with Gasteiger partial charge in [-0.3, -0.25) is 0 Å². The van der Waals surface area contributed by atoms with Crippen molar-refractivity contribution in [2.45, 2.75) is 6.92 Å². The molecule has 0 aliphatic rings. The van der Waals surface area contributed by atoms with Gasteiger partial charge in [-0.15, -0.1) is 0 Å². The molecule has 0 unspecified atom stereocenters. The van der Waals surface area contributed by atoms with Crippen LogP contribution in [-0.2, 0) is 0 Å². The van der Waals surface area contributed by atoms with Crippen LogP contribution in [0, 0.1) is 6.92 Å². The maximum Gasteiger partial charge on any atom is 0.229 e. The van der Waals surface area contributed by atoms with Gasteiger partial charge in [0.15, 0.2) is 0 Å². The SMILES string of the molecule is Cc1ccc(C(N)=S)c(Oc2cccc(N(C)C)c2)n1. The second-order valence-electron chi connectivity index (χ2n) is 4.66. The van der Waals surface area contributed by atoms with Crippen LogP contribution in [0.2, 0.25) is 0 Å². The Labute approximate surface area is 124 Å². The maximum absolute atomic E-state index is 5.84. The van der Waals surface area contributed by atoms with Gasteiger partial charge in [-0.2, -0.15) is 0 Å². The van der Waals surface area contributed by atoms with Crippen molar-refractivity contribution in [3.8, 4) is 11.6 Å². The van der Waals surface area contributed by atoms with Crippen LogP contribution in [0.15, 0.2) is 36.4 Å². The molecule has 2 aromatic rings. The summed E-state index contributed by atoms with van der Waals surface area (Å²) in [5, 5.41) is 0. The van der Waals surface area contributed by atoms with E-state index in [1.807, 2.05) is 62.3 Å². The molecule has 1 aromatic carbocycles. The molecule has 4 nitrogen and oxygen atoms in total. The molecule has 2 rings (SSSR count). The van der Waals surface area contributed by atoms with Crippen molar-refractivity contribution in [1.82, 2.24) is 4.98 Å². The molecule has 0 amide bonds. The second kappa shape index (κ2) is 5.88. The number of anilines is 1. The van der Waals surface area contributed by atoms with E-state index in [4.69, 9.17) is 22.7 Å². The van der Waals surface area contributed by atoms with Gasteiger partial charge >= 0.3 is 0 Å². The minimum Gasteiger partial charge on any atom is -0.438 e. The minimum atomic E-state index is 0.274. The summed E-state index contributed by atoms with van der Waals surface area (Å²) in [7, 11) is 3.95. The van der Waals surface area contributed by atoms with E-state index < -0.39 is 0 Å². The zero-order valence-corrected chi connectivity index (χ0v) is 12.6. The van der Waals surface area contributed by atoms with Crippen molar-refractivity contribution in [2.24, 2.45) is 5.73 Å². The van der Waals surface area contributed by atoms with E-state index in [9.17, 15) is 0 Å². The molecule has 104 valence electrons. The van der Waals surface area contributed by atoms with E-state index in [-0.39, 0.29) is 4.99 Å². The molecule has 20 heavy (non-hydrogen) atoms. The summed E-state index contributed by atoms with van der Waals surface area (Å²) >= 11 is 5.03. The quantitative estimate of drug-likeness (QED) is 0.876. The van der Waals surface area contributed by atoms with Gasteiger partial charge in [0.2, 0.25) is 5.88 Å². The Morgan fingerprint density at radius 3 is 2.65 bits per heavy atom. The van der Waals surface area contributed by atoms with Gasteiger partial charge in [0.25, 0.3) is 0 Å². The molecule has 0 radical (unpaired) electrons. The fraction of sp³-hybridized carbons (Fsp3) is 0.200. The van der Waals surface area contributed by atoms with Crippen LogP contribution >= 0.6 is 12.2 Å². The Morgan fingerprint density at radius 2 is 2.00 bits per heavy atom. The summed E-state index contributed by atoms with van der Waals surface area (Å²) in [5.41, 5.74) is 8.24. The molecular weight excluding hydrogens is 270 g/mol. The number of benzene rings is 1. The van der Waals surface area contributed by atoms with Crippen LogP contribution in [0.25, 0.3) is 0 Å². The summed E-state index contributed by atoms with van der Waals surface area (Å²) < 4.78 is 5.84. The molecule has 2 N–H and O–H groups in total. The summed E-state index contributed by atoms with van der Waals surface area (Å²) in [6.45, 7) is 1.90. The number of rotatable bonds is 4. The van der Waals surface area contributed by atoms with E-state index in [1.165, 1.54) is 0 Å². The average Bonchev–Trinajstić information content (AvgIpc) is 2.38. The molecule has 1 heterocycles. The molecule has 5 heteroatoms. The van der Waals surface area contributed by atoms with Gasteiger partial charge in [0, 0.05) is 31.5 Å². The number of hydrogen-bond donors (Lipinski definition) is 1. The van der Waals surface area contributed by atoms with E-state index in [0.29, 0.717) is 17.2 Å². The standard InChI is InChI=1S/C15H17N3OS/c1-10-7-8-13(14(16)20)15(17-10)19-12-6-4-5-11(9-12)18(2)3/h4-9H,1-3H3,(H2,16,20). The predicted octanol–water partition coefficient (Wildman–Crippen LogP) is 2.88. The first-order chi connectivity index (χ1) is 9.47. The normalized spacial score (nSPS) is 10.2. The Kier molecular flexibility index (Phi) is 4.20. The van der Waals surface area contributed by atoms with Crippen LogP contribution in [-0.4, -0.2) is 24.1 Å². The van der Waals surface area contributed by atoms with Crippen molar-refractivity contribution in [3.63, 3.8) is 0 Å². The summed E-state index contributed by atoms with van der Waals surface area (Å²) in [6, 6.07) is 11.4. The first-order valence-electron chi connectivity index (χ1n) is 6.20. The average molecular weight is 287 g/mol. The maximum atomic E-state index is 5.84. The highest BCUT2D eigenvalue weighted by Crippen LogP contribution is 2.26. The second-order valence-corrected chi connectivity index (χ2v) is 5.10. The lowest BCUT2D eigenvalue weighted by Gasteiger charge is -2.14. The molecule has 0 fully saturated rings. The van der Waals surface area contributed by atoms with Crippen molar-refractivity contribution in [2.75, 3.05) is 19.0 Å². The van der Waals surface area contributed by atoms with Crippen molar-refractivity contribution in [1.29, 1.82) is 0 Å². The van der Waals surface area contributed by atoms with E-state index in [2.05, 4.69) is 4.98 Å². The Balaban J connectivity index is 2.36. The van der Waals surface area contributed by atoms with Crippen molar-refractivity contribution >= 4 is 22.9 Å². The number of aromatic nitrogens is 1. The highest BCUT2D eigenvalue weighted by Gasteiger charge is 2.10. The summed E-state index contributed by atoms with van der Waals surface area (Å²) in [6.07, 6.45) is 0. The lowest BCUT2D eigenvalue weighted by Crippen LogP contribution is -2.12. The van der Waals surface area contributed by atoms with Gasteiger partial charge in [-0.25, -0.2) is 4.98 Å². The first-order valence-corrected chi connectivity index (χ1v) is 6.61. The van der Waals surface area contributed by atoms with Crippen LogP contribution in [0.5, 0.6) is 11.6 Å². The largest absolute Gasteiger partial charge is 0.438 e. The number of pyridine rings is 1. The smallest absolute Gasteiger partial charge is 0.229 e. The lowest BCUT2D eigenvalue weighted by atomic mass is 10.2. The third-order valence-corrected chi connectivity index (χ3v) is 3.03. The number of ether oxygens (including phenoxy) is 1. The molecular formula is C15H17N3OS. The van der Waals surface area contributed by atoms with E-state index >= 15 is 0 Å². The van der Waals surface area contributed by atoms with Gasteiger partial charge in [-0.05, 0) is 31.2 Å². The summed E-state index contributed by atoms with van der Waals surface area (Å²) in [4.78, 5) is 6.64. The monoisotopic (exact) mass is 287 g/mol. The highest BCUT2D eigenvalue weighted by molar-refractivity contribution is 7.80. The fourth-order valence-electron chi connectivity index (χ4n) is 1.74. The van der Waals surface area contributed by atoms with E-state index in [1.54, 1.807) is 0 Å². The number of nitrogens with zero attached hydrogens (tertiary/aromatic N) is 2. The van der Waals surface area contributed by atoms with Crippen molar-refractivity contribution in [3.05, 3.63) is 47.7 Å².